The summed E-state index contributed by atoms with van der Waals surface area (Å²) >= 11 is 0. The summed E-state index contributed by atoms with van der Waals surface area (Å²) < 4.78 is 0. The molecule has 8 nitrogen and oxygen atoms in total. The van der Waals surface area contributed by atoms with Gasteiger partial charge in [-0.05, 0) is 60.2 Å². The lowest BCUT2D eigenvalue weighted by molar-refractivity contribution is -0.149. The van der Waals surface area contributed by atoms with Gasteiger partial charge in [-0.15, -0.1) is 0 Å². The third-order valence-electron chi connectivity index (χ3n) is 6.14. The van der Waals surface area contributed by atoms with E-state index in [1.165, 1.54) is 12.1 Å². The second kappa shape index (κ2) is 10.5. The lowest BCUT2D eigenvalue weighted by Gasteiger charge is -2.27. The van der Waals surface area contributed by atoms with Crippen LogP contribution in [0.5, 0.6) is 0 Å². The zero-order valence-corrected chi connectivity index (χ0v) is 19.7. The standard InChI is InChI=1S/C26H31N3O5/c1-26(2,3)18-12-8-16(9-13-18)22(30)27-19-14-10-17(11-15-19)23(31)28-29-24(32)20-6-4-5-7-21(20)25(33)34/h8-15,20-21H,4-7H2,1-3H3,(H,27,30)(H,28,31)(H,29,32)(H,33,34)/t20-,21-/m1/s1. The van der Waals surface area contributed by atoms with Gasteiger partial charge in [0.15, 0.2) is 0 Å². The van der Waals surface area contributed by atoms with E-state index >= 15 is 0 Å². The molecule has 0 aromatic heterocycles. The van der Waals surface area contributed by atoms with E-state index in [4.69, 9.17) is 0 Å². The first kappa shape index (κ1) is 25.0. The van der Waals surface area contributed by atoms with Gasteiger partial charge >= 0.3 is 5.97 Å². The fraction of sp³-hybridized carbons (Fsp3) is 0.385. The Balaban J connectivity index is 1.54. The Hall–Kier alpha value is -3.68. The zero-order chi connectivity index (χ0) is 24.9. The van der Waals surface area contributed by atoms with Crippen molar-refractivity contribution in [1.29, 1.82) is 0 Å². The molecule has 2 atom stereocenters. The number of hydrogen-bond donors (Lipinski definition) is 4. The fourth-order valence-electron chi connectivity index (χ4n) is 4.05. The summed E-state index contributed by atoms with van der Waals surface area (Å²) in [6, 6.07) is 13.7. The highest BCUT2D eigenvalue weighted by Crippen LogP contribution is 2.30. The van der Waals surface area contributed by atoms with Crippen LogP contribution in [-0.2, 0) is 15.0 Å². The molecule has 2 aromatic carbocycles. The molecule has 3 rings (SSSR count). The zero-order valence-electron chi connectivity index (χ0n) is 19.7. The average molecular weight is 466 g/mol. The van der Waals surface area contributed by atoms with E-state index in [0.717, 1.165) is 18.4 Å². The summed E-state index contributed by atoms with van der Waals surface area (Å²) in [6.07, 6.45) is 2.49. The van der Waals surface area contributed by atoms with Crippen LogP contribution in [0.25, 0.3) is 0 Å². The molecule has 1 aliphatic rings. The largest absolute Gasteiger partial charge is 0.481 e. The predicted molar refractivity (Wildman–Crippen MR) is 128 cm³/mol. The number of amides is 3. The van der Waals surface area contributed by atoms with Gasteiger partial charge in [0.2, 0.25) is 5.91 Å². The number of benzene rings is 2. The van der Waals surface area contributed by atoms with Gasteiger partial charge in [0, 0.05) is 16.8 Å². The fourth-order valence-corrected chi connectivity index (χ4v) is 4.05. The third kappa shape index (κ3) is 6.21. The minimum Gasteiger partial charge on any atom is -0.481 e. The van der Waals surface area contributed by atoms with Crippen molar-refractivity contribution in [1.82, 2.24) is 10.9 Å². The van der Waals surface area contributed by atoms with Crippen LogP contribution >= 0.6 is 0 Å². The molecule has 1 aliphatic carbocycles. The van der Waals surface area contributed by atoms with Crippen LogP contribution in [0.4, 0.5) is 5.69 Å². The Morgan fingerprint density at radius 1 is 0.765 bits per heavy atom. The highest BCUT2D eigenvalue weighted by Gasteiger charge is 2.35. The number of hydrazine groups is 1. The first-order valence-electron chi connectivity index (χ1n) is 11.4. The summed E-state index contributed by atoms with van der Waals surface area (Å²) in [4.78, 5) is 48.7. The Morgan fingerprint density at radius 2 is 1.29 bits per heavy atom. The molecule has 0 aliphatic heterocycles. The summed E-state index contributed by atoms with van der Waals surface area (Å²) in [6.45, 7) is 6.32. The second-order valence-corrected chi connectivity index (χ2v) is 9.64. The molecule has 1 saturated carbocycles. The minimum atomic E-state index is -0.992. The molecular formula is C26H31N3O5. The SMILES string of the molecule is CC(C)(C)c1ccc(C(=O)Nc2ccc(C(=O)NNC(=O)[C@@H]3CCCC[C@H]3C(=O)O)cc2)cc1. The molecule has 0 bridgehead atoms. The van der Waals surface area contributed by atoms with Gasteiger partial charge in [0.1, 0.15) is 0 Å². The van der Waals surface area contributed by atoms with Crippen molar-refractivity contribution in [2.24, 2.45) is 11.8 Å². The first-order chi connectivity index (χ1) is 16.1. The number of carboxylic acids is 1. The Morgan fingerprint density at radius 3 is 1.85 bits per heavy atom. The number of rotatable bonds is 5. The van der Waals surface area contributed by atoms with Crippen LogP contribution < -0.4 is 16.2 Å². The maximum Gasteiger partial charge on any atom is 0.307 e. The summed E-state index contributed by atoms with van der Waals surface area (Å²) in [7, 11) is 0. The number of carbonyl (C=O) groups is 4. The van der Waals surface area contributed by atoms with E-state index in [0.29, 0.717) is 24.1 Å². The normalized spacial score (nSPS) is 18.0. The Labute approximate surface area is 199 Å². The third-order valence-corrected chi connectivity index (χ3v) is 6.14. The first-order valence-corrected chi connectivity index (χ1v) is 11.4. The molecule has 2 aromatic rings. The number of aliphatic carboxylic acids is 1. The van der Waals surface area contributed by atoms with E-state index in [-0.39, 0.29) is 16.9 Å². The van der Waals surface area contributed by atoms with E-state index in [1.807, 2.05) is 12.1 Å². The molecule has 0 saturated heterocycles. The predicted octanol–water partition coefficient (Wildman–Crippen LogP) is 3.89. The number of hydrogen-bond acceptors (Lipinski definition) is 4. The van der Waals surface area contributed by atoms with E-state index in [2.05, 4.69) is 36.9 Å². The lowest BCUT2D eigenvalue weighted by Crippen LogP contribution is -2.47. The van der Waals surface area contributed by atoms with Crippen molar-refractivity contribution >= 4 is 29.4 Å². The van der Waals surface area contributed by atoms with Crippen LogP contribution in [0.1, 0.15) is 72.7 Å². The topological polar surface area (TPSA) is 125 Å². The van der Waals surface area contributed by atoms with Crippen molar-refractivity contribution < 1.29 is 24.3 Å². The Bertz CT molecular complexity index is 1060. The van der Waals surface area contributed by atoms with Gasteiger partial charge < -0.3 is 10.4 Å². The molecule has 3 amide bonds. The molecule has 4 N–H and O–H groups in total. The van der Waals surface area contributed by atoms with E-state index < -0.39 is 29.6 Å². The smallest absolute Gasteiger partial charge is 0.307 e. The van der Waals surface area contributed by atoms with Gasteiger partial charge in [0.05, 0.1) is 11.8 Å². The number of nitrogens with one attached hydrogen (secondary N) is 3. The second-order valence-electron chi connectivity index (χ2n) is 9.64. The minimum absolute atomic E-state index is 0.000744. The van der Waals surface area contributed by atoms with Crippen molar-refractivity contribution in [3.05, 3.63) is 65.2 Å². The van der Waals surface area contributed by atoms with Crippen LogP contribution in [-0.4, -0.2) is 28.8 Å². The van der Waals surface area contributed by atoms with Gasteiger partial charge in [-0.2, -0.15) is 0 Å². The van der Waals surface area contributed by atoms with Gasteiger partial charge in [-0.1, -0.05) is 45.7 Å². The van der Waals surface area contributed by atoms with Gasteiger partial charge in [-0.3, -0.25) is 30.0 Å². The van der Waals surface area contributed by atoms with Crippen molar-refractivity contribution in [3.63, 3.8) is 0 Å². The van der Waals surface area contributed by atoms with Crippen LogP contribution in [0.2, 0.25) is 0 Å². The summed E-state index contributed by atoms with van der Waals surface area (Å²) in [5.74, 6) is -3.69. The molecule has 34 heavy (non-hydrogen) atoms. The van der Waals surface area contributed by atoms with E-state index in [1.54, 1.807) is 24.3 Å². The van der Waals surface area contributed by atoms with Crippen molar-refractivity contribution in [3.8, 4) is 0 Å². The number of carboxylic acid groups (broad SMARTS) is 1. The molecule has 0 radical (unpaired) electrons. The summed E-state index contributed by atoms with van der Waals surface area (Å²) in [5, 5.41) is 12.1. The maximum atomic E-state index is 12.5. The molecule has 1 fully saturated rings. The van der Waals surface area contributed by atoms with Crippen LogP contribution in [0.3, 0.4) is 0 Å². The van der Waals surface area contributed by atoms with Crippen LogP contribution in [0.15, 0.2) is 48.5 Å². The molecule has 8 heteroatoms. The quantitative estimate of drug-likeness (QED) is 0.499. The molecule has 0 heterocycles. The van der Waals surface area contributed by atoms with E-state index in [9.17, 15) is 24.3 Å². The van der Waals surface area contributed by atoms with Crippen molar-refractivity contribution in [2.75, 3.05) is 5.32 Å². The summed E-state index contributed by atoms with van der Waals surface area (Å²) in [5.41, 5.74) is 7.16. The van der Waals surface area contributed by atoms with Gasteiger partial charge in [-0.25, -0.2) is 0 Å². The number of carbonyl (C=O) groups excluding carboxylic acids is 3. The monoisotopic (exact) mass is 465 g/mol. The molecule has 180 valence electrons. The highest BCUT2D eigenvalue weighted by atomic mass is 16.4. The highest BCUT2D eigenvalue weighted by molar-refractivity contribution is 6.04. The molecule has 0 unspecified atom stereocenters. The van der Waals surface area contributed by atoms with Gasteiger partial charge in [0.25, 0.3) is 11.8 Å². The maximum absolute atomic E-state index is 12.5. The number of anilines is 1. The molecule has 0 spiro atoms. The van der Waals surface area contributed by atoms with Crippen molar-refractivity contribution in [2.45, 2.75) is 51.9 Å². The lowest BCUT2D eigenvalue weighted by atomic mass is 9.79. The molecular weight excluding hydrogens is 434 g/mol. The average Bonchev–Trinajstić information content (AvgIpc) is 2.82. The Kier molecular flexibility index (Phi) is 7.71. The van der Waals surface area contributed by atoms with Crippen LogP contribution in [0, 0.1) is 11.8 Å².